The fourth-order valence-corrected chi connectivity index (χ4v) is 5.90. The van der Waals surface area contributed by atoms with E-state index in [2.05, 4.69) is 6.92 Å². The first-order chi connectivity index (χ1) is 12.0. The van der Waals surface area contributed by atoms with Crippen molar-refractivity contribution >= 4 is 35.7 Å². The summed E-state index contributed by atoms with van der Waals surface area (Å²) in [7, 11) is 0. The lowest BCUT2D eigenvalue weighted by Crippen LogP contribution is -1.95. The first-order valence-electron chi connectivity index (χ1n) is 8.08. The van der Waals surface area contributed by atoms with Crippen LogP contribution in [0.3, 0.4) is 0 Å². The summed E-state index contributed by atoms with van der Waals surface area (Å²) in [6.45, 7) is -1.80. The monoisotopic (exact) mass is 394 g/mol. The van der Waals surface area contributed by atoms with Crippen LogP contribution >= 0.6 is 29.9 Å². The third kappa shape index (κ3) is 4.70. The van der Waals surface area contributed by atoms with Gasteiger partial charge in [-0.15, -0.1) is 11.8 Å². The molecule has 0 saturated carbocycles. The van der Waals surface area contributed by atoms with Gasteiger partial charge in [-0.25, -0.2) is 4.57 Å². The van der Waals surface area contributed by atoms with Crippen LogP contribution in [0.5, 0.6) is 5.75 Å². The van der Waals surface area contributed by atoms with Gasteiger partial charge >= 0.3 is 6.80 Å². The summed E-state index contributed by atoms with van der Waals surface area (Å²) in [5.41, 5.74) is 1.33. The van der Waals surface area contributed by atoms with E-state index in [0.717, 1.165) is 34.0 Å². The highest BCUT2D eigenvalue weighted by atomic mass is 32.7. The van der Waals surface area contributed by atoms with Gasteiger partial charge in [0.15, 0.2) is 5.78 Å². The van der Waals surface area contributed by atoms with Gasteiger partial charge in [-0.2, -0.15) is 0 Å². The number of carbonyl (C=O) groups excluding carboxylic acids is 1. The van der Waals surface area contributed by atoms with Gasteiger partial charge in [0, 0.05) is 38.7 Å². The summed E-state index contributed by atoms with van der Waals surface area (Å²) >= 11 is 2.57. The molecule has 7 heteroatoms. The van der Waals surface area contributed by atoms with Gasteiger partial charge in [0.1, 0.15) is 5.75 Å². The Morgan fingerprint density at radius 3 is 2.56 bits per heavy atom. The standard InChI is InChI=1S/C18H19O4PS2/c1-2-12-24-13-6-8-14(9-7-13)25-23(20,21)22-18-5-3-4-15-16(18)10-11-17(15)19/h3-9H,2,10-12H2,1H3,(H,20,21). The average Bonchev–Trinajstić information content (AvgIpc) is 2.96. The second-order valence-corrected chi connectivity index (χ2v) is 10.6. The molecule has 1 aliphatic rings. The molecule has 132 valence electrons. The quantitative estimate of drug-likeness (QED) is 0.488. The van der Waals surface area contributed by atoms with Crippen LogP contribution in [0.4, 0.5) is 0 Å². The molecular weight excluding hydrogens is 375 g/mol. The van der Waals surface area contributed by atoms with E-state index in [9.17, 15) is 14.3 Å². The Morgan fingerprint density at radius 2 is 1.84 bits per heavy atom. The van der Waals surface area contributed by atoms with E-state index >= 15 is 0 Å². The van der Waals surface area contributed by atoms with Gasteiger partial charge in [0.25, 0.3) is 0 Å². The number of hydrogen-bond donors (Lipinski definition) is 1. The summed E-state index contributed by atoms with van der Waals surface area (Å²) in [5, 5.41) is 0. The highest BCUT2D eigenvalue weighted by Crippen LogP contribution is 2.59. The number of hydrogen-bond acceptors (Lipinski definition) is 5. The van der Waals surface area contributed by atoms with Crippen molar-refractivity contribution in [3.63, 3.8) is 0 Å². The molecule has 0 radical (unpaired) electrons. The van der Waals surface area contributed by atoms with E-state index in [1.165, 1.54) is 0 Å². The first-order valence-corrected chi connectivity index (χ1v) is 12.1. The van der Waals surface area contributed by atoms with Crippen LogP contribution in [0.15, 0.2) is 52.3 Å². The molecule has 2 aromatic rings. The smallest absolute Gasteiger partial charge is 0.417 e. The fraction of sp³-hybridized carbons (Fsp3) is 0.278. The molecule has 0 heterocycles. The van der Waals surface area contributed by atoms with Gasteiger partial charge in [0.2, 0.25) is 0 Å². The minimum absolute atomic E-state index is 0.0565. The van der Waals surface area contributed by atoms with Gasteiger partial charge < -0.3 is 9.42 Å². The van der Waals surface area contributed by atoms with E-state index in [1.54, 1.807) is 30.0 Å². The second kappa shape index (κ2) is 8.00. The molecule has 2 aromatic carbocycles. The van der Waals surface area contributed by atoms with Gasteiger partial charge in [-0.1, -0.05) is 19.1 Å². The SMILES string of the molecule is CCCSc1ccc(SP(=O)(O)Oc2cccc3c2CCC3=O)cc1. The molecule has 0 bridgehead atoms. The molecule has 0 spiro atoms. The van der Waals surface area contributed by atoms with Crippen molar-refractivity contribution in [1.82, 2.24) is 0 Å². The lowest BCUT2D eigenvalue weighted by atomic mass is 10.1. The van der Waals surface area contributed by atoms with Crippen molar-refractivity contribution in [2.45, 2.75) is 36.0 Å². The zero-order valence-corrected chi connectivity index (χ0v) is 16.3. The normalized spacial score (nSPS) is 15.7. The molecule has 0 aliphatic heterocycles. The number of thioether (sulfide) groups is 1. The molecule has 1 aliphatic carbocycles. The maximum absolute atomic E-state index is 12.5. The number of carbonyl (C=O) groups is 1. The molecule has 4 nitrogen and oxygen atoms in total. The summed E-state index contributed by atoms with van der Waals surface area (Å²) < 4.78 is 17.9. The topological polar surface area (TPSA) is 63.6 Å². The number of ketones is 1. The number of rotatable bonds is 7. The molecule has 0 aromatic heterocycles. The largest absolute Gasteiger partial charge is 0.442 e. The molecule has 25 heavy (non-hydrogen) atoms. The molecule has 1 N–H and O–H groups in total. The predicted octanol–water partition coefficient (Wildman–Crippen LogP) is 5.59. The molecule has 1 unspecified atom stereocenters. The Hall–Kier alpha value is -1.20. The summed E-state index contributed by atoms with van der Waals surface area (Å²) in [4.78, 5) is 23.8. The van der Waals surface area contributed by atoms with Crippen molar-refractivity contribution < 1.29 is 18.8 Å². The zero-order chi connectivity index (χ0) is 17.9. The van der Waals surface area contributed by atoms with Crippen LogP contribution < -0.4 is 4.52 Å². The third-order valence-corrected chi connectivity index (χ3v) is 7.67. The maximum Gasteiger partial charge on any atom is 0.442 e. The van der Waals surface area contributed by atoms with Crippen LogP contribution in [0, 0.1) is 0 Å². The highest BCUT2D eigenvalue weighted by Gasteiger charge is 2.28. The van der Waals surface area contributed by atoms with Crippen molar-refractivity contribution in [3.8, 4) is 5.75 Å². The number of Topliss-reactive ketones (excluding diaryl/α,β-unsaturated/α-hetero) is 1. The van der Waals surface area contributed by atoms with E-state index < -0.39 is 6.80 Å². The highest BCUT2D eigenvalue weighted by molar-refractivity contribution is 8.54. The second-order valence-electron chi connectivity index (χ2n) is 5.68. The number of fused-ring (bicyclic) bond motifs is 1. The van der Waals surface area contributed by atoms with Crippen molar-refractivity contribution in [2.24, 2.45) is 0 Å². The van der Waals surface area contributed by atoms with E-state index in [1.807, 2.05) is 24.3 Å². The first kappa shape index (κ1) is 18.6. The molecular formula is C18H19O4PS2. The minimum Gasteiger partial charge on any atom is -0.417 e. The third-order valence-electron chi connectivity index (χ3n) is 3.77. The van der Waals surface area contributed by atoms with Crippen LogP contribution in [-0.4, -0.2) is 16.4 Å². The molecule has 3 rings (SSSR count). The van der Waals surface area contributed by atoms with Crippen molar-refractivity contribution in [2.75, 3.05) is 5.75 Å². The van der Waals surface area contributed by atoms with Crippen LogP contribution in [0.25, 0.3) is 0 Å². The van der Waals surface area contributed by atoms with Crippen LogP contribution in [-0.2, 0) is 11.0 Å². The zero-order valence-electron chi connectivity index (χ0n) is 13.8. The maximum atomic E-state index is 12.5. The summed E-state index contributed by atoms with van der Waals surface area (Å²) in [6.07, 6.45) is 2.08. The Kier molecular flexibility index (Phi) is 5.95. The molecule has 1 atom stereocenters. The Balaban J connectivity index is 1.71. The lowest BCUT2D eigenvalue weighted by Gasteiger charge is -2.15. The van der Waals surface area contributed by atoms with Gasteiger partial charge in [0.05, 0.1) is 0 Å². The van der Waals surface area contributed by atoms with Crippen LogP contribution in [0.2, 0.25) is 0 Å². The average molecular weight is 394 g/mol. The van der Waals surface area contributed by atoms with Gasteiger partial charge in [-0.3, -0.25) is 4.79 Å². The van der Waals surface area contributed by atoms with E-state index in [-0.39, 0.29) is 5.78 Å². The fourth-order valence-electron chi connectivity index (χ4n) is 2.64. The molecule has 0 saturated heterocycles. The summed E-state index contributed by atoms with van der Waals surface area (Å²) in [6, 6.07) is 12.6. The minimum atomic E-state index is -3.93. The van der Waals surface area contributed by atoms with Gasteiger partial charge in [-0.05, 0) is 48.9 Å². The van der Waals surface area contributed by atoms with Crippen molar-refractivity contribution in [3.05, 3.63) is 53.6 Å². The lowest BCUT2D eigenvalue weighted by molar-refractivity contribution is 0.0994. The van der Waals surface area contributed by atoms with E-state index in [4.69, 9.17) is 4.52 Å². The number of benzene rings is 2. The van der Waals surface area contributed by atoms with Crippen molar-refractivity contribution in [1.29, 1.82) is 0 Å². The predicted molar refractivity (Wildman–Crippen MR) is 103 cm³/mol. The van der Waals surface area contributed by atoms with E-state index in [0.29, 0.717) is 29.1 Å². The Labute approximate surface area is 155 Å². The Morgan fingerprint density at radius 1 is 1.12 bits per heavy atom. The van der Waals surface area contributed by atoms with Crippen LogP contribution in [0.1, 0.15) is 35.7 Å². The molecule has 0 amide bonds. The Bertz CT molecular complexity index is 820. The molecule has 0 fully saturated rings. The summed E-state index contributed by atoms with van der Waals surface area (Å²) in [5.74, 6) is 1.43.